The van der Waals surface area contributed by atoms with Crippen LogP contribution in [-0.2, 0) is 0 Å². The molecular weight excluding hydrogens is 512 g/mol. The summed E-state index contributed by atoms with van der Waals surface area (Å²) in [6.45, 7) is 4.94. The van der Waals surface area contributed by atoms with Crippen LogP contribution in [0.3, 0.4) is 0 Å². The summed E-state index contributed by atoms with van der Waals surface area (Å²) in [7, 11) is 0. The number of phenols is 1. The molecule has 0 spiro atoms. The van der Waals surface area contributed by atoms with Crippen LogP contribution in [0.4, 0.5) is 5.69 Å². The summed E-state index contributed by atoms with van der Waals surface area (Å²) in [5, 5.41) is 15.6. The molecule has 6 heterocycles. The number of phenolic OH excluding ortho intramolecular Hbond substituents is 1. The second kappa shape index (κ2) is 9.18. The molecule has 204 valence electrons. The van der Waals surface area contributed by atoms with Crippen LogP contribution in [0.15, 0.2) is 24.4 Å². The molecule has 4 saturated heterocycles. The molecule has 1 aromatic carbocycles. The minimum atomic E-state index is 0.127. The average molecular weight is 547 g/mol. The van der Waals surface area contributed by atoms with Crippen LogP contribution in [0.25, 0.3) is 22.4 Å². The molecule has 2 unspecified atom stereocenters. The monoisotopic (exact) mass is 546 g/mol. The van der Waals surface area contributed by atoms with Crippen LogP contribution in [0.1, 0.15) is 62.8 Å². The SMILES string of the molecule is Oc1cc(Cl)c(C2CC2)c(-c2ncc3c(N4CC5CCC(C4)N5)cc(OCC45CCCN4CCC5)nc3n2)c1. The van der Waals surface area contributed by atoms with E-state index >= 15 is 0 Å². The van der Waals surface area contributed by atoms with E-state index in [-0.39, 0.29) is 11.3 Å². The highest BCUT2D eigenvalue weighted by Gasteiger charge is 2.45. The third-order valence-electron chi connectivity index (χ3n) is 9.72. The first kappa shape index (κ1) is 24.1. The Balaban J connectivity index is 1.21. The Morgan fingerprint density at radius 3 is 2.54 bits per heavy atom. The van der Waals surface area contributed by atoms with Crippen molar-refractivity contribution < 1.29 is 9.84 Å². The number of fused-ring (bicyclic) bond motifs is 4. The van der Waals surface area contributed by atoms with Crippen molar-refractivity contribution in [3.8, 4) is 23.0 Å². The van der Waals surface area contributed by atoms with Gasteiger partial charge in [-0.25, -0.2) is 9.97 Å². The molecule has 9 heteroatoms. The van der Waals surface area contributed by atoms with Gasteiger partial charge in [0.2, 0.25) is 5.88 Å². The molecule has 8 rings (SSSR count). The summed E-state index contributed by atoms with van der Waals surface area (Å²) in [4.78, 5) is 19.8. The maximum atomic E-state index is 10.4. The number of halogens is 1. The topological polar surface area (TPSA) is 86.6 Å². The summed E-state index contributed by atoms with van der Waals surface area (Å²) < 4.78 is 6.54. The summed E-state index contributed by atoms with van der Waals surface area (Å²) in [5.41, 5.74) is 3.71. The second-order valence-electron chi connectivity index (χ2n) is 12.3. The molecule has 2 aromatic heterocycles. The van der Waals surface area contributed by atoms with Crippen molar-refractivity contribution in [3.63, 3.8) is 0 Å². The van der Waals surface area contributed by atoms with E-state index in [1.54, 1.807) is 12.1 Å². The zero-order valence-electron chi connectivity index (χ0n) is 22.2. The highest BCUT2D eigenvalue weighted by Crippen LogP contribution is 2.48. The standard InChI is InChI=1S/C30H35ClN6O2/c31-24-12-21(38)11-22(27(24)18-3-4-18)28-32-14-23-25(36-15-19-5-6-20(16-36)33-19)13-26(34-29(23)35-28)39-17-30-7-1-9-37(30)10-2-8-30/h11-14,18-20,33,38H,1-10,15-17H2. The highest BCUT2D eigenvalue weighted by molar-refractivity contribution is 6.32. The zero-order valence-corrected chi connectivity index (χ0v) is 23.0. The number of anilines is 1. The number of nitrogens with one attached hydrogen (secondary N) is 1. The fourth-order valence-electron chi connectivity index (χ4n) is 7.67. The van der Waals surface area contributed by atoms with Crippen LogP contribution in [0, 0.1) is 0 Å². The molecule has 5 fully saturated rings. The van der Waals surface area contributed by atoms with Crippen molar-refractivity contribution >= 4 is 28.3 Å². The summed E-state index contributed by atoms with van der Waals surface area (Å²) in [6.07, 6.45) is 11.4. The normalized spacial score (nSPS) is 25.9. The molecular formula is C30H35ClN6O2. The van der Waals surface area contributed by atoms with E-state index in [4.69, 9.17) is 31.3 Å². The lowest BCUT2D eigenvalue weighted by Crippen LogP contribution is -2.51. The van der Waals surface area contributed by atoms with Gasteiger partial charge in [-0.1, -0.05) is 11.6 Å². The lowest BCUT2D eigenvalue weighted by atomic mass is 9.95. The lowest BCUT2D eigenvalue weighted by molar-refractivity contribution is 0.111. The van der Waals surface area contributed by atoms with E-state index in [1.807, 2.05) is 6.20 Å². The molecule has 0 radical (unpaired) electrons. The fraction of sp³-hybridized carbons (Fsp3) is 0.567. The third kappa shape index (κ3) is 4.23. The van der Waals surface area contributed by atoms with Crippen LogP contribution in [-0.4, -0.2) is 75.4 Å². The fourth-order valence-corrected chi connectivity index (χ4v) is 8.04. The van der Waals surface area contributed by atoms with Gasteiger partial charge in [0.15, 0.2) is 11.5 Å². The smallest absolute Gasteiger partial charge is 0.217 e. The van der Waals surface area contributed by atoms with Crippen LogP contribution in [0.5, 0.6) is 11.6 Å². The van der Waals surface area contributed by atoms with Gasteiger partial charge >= 0.3 is 0 Å². The van der Waals surface area contributed by atoms with Crippen molar-refractivity contribution in [2.24, 2.45) is 0 Å². The minimum Gasteiger partial charge on any atom is -0.508 e. The van der Waals surface area contributed by atoms with Crippen LogP contribution >= 0.6 is 11.6 Å². The van der Waals surface area contributed by atoms with Gasteiger partial charge in [-0.15, -0.1) is 0 Å². The van der Waals surface area contributed by atoms with Gasteiger partial charge in [-0.05, 0) is 88.1 Å². The van der Waals surface area contributed by atoms with Gasteiger partial charge in [0, 0.05) is 48.0 Å². The molecule has 4 aliphatic heterocycles. The van der Waals surface area contributed by atoms with E-state index in [0.717, 1.165) is 48.1 Å². The third-order valence-corrected chi connectivity index (χ3v) is 10.0. The molecule has 2 N–H and O–H groups in total. The van der Waals surface area contributed by atoms with Gasteiger partial charge in [0.1, 0.15) is 12.4 Å². The van der Waals surface area contributed by atoms with E-state index < -0.39 is 0 Å². The zero-order chi connectivity index (χ0) is 26.1. The molecule has 3 aromatic rings. The molecule has 0 amide bonds. The van der Waals surface area contributed by atoms with Gasteiger partial charge in [-0.2, -0.15) is 4.98 Å². The van der Waals surface area contributed by atoms with E-state index in [1.165, 1.54) is 51.6 Å². The molecule has 2 atom stereocenters. The number of rotatable bonds is 6. The molecule has 1 saturated carbocycles. The lowest BCUT2D eigenvalue weighted by Gasteiger charge is -2.35. The first-order valence-electron chi connectivity index (χ1n) is 14.6. The Hall–Kier alpha value is -2.68. The average Bonchev–Trinajstić information content (AvgIpc) is 3.42. The van der Waals surface area contributed by atoms with Crippen molar-refractivity contribution in [1.29, 1.82) is 0 Å². The van der Waals surface area contributed by atoms with E-state index in [2.05, 4.69) is 21.2 Å². The number of pyridine rings is 1. The van der Waals surface area contributed by atoms with Crippen LogP contribution in [0.2, 0.25) is 5.02 Å². The number of aromatic hydroxyl groups is 1. The second-order valence-corrected chi connectivity index (χ2v) is 12.7. The van der Waals surface area contributed by atoms with Gasteiger partial charge in [0.25, 0.3) is 0 Å². The van der Waals surface area contributed by atoms with Crippen molar-refractivity contribution in [3.05, 3.63) is 35.0 Å². The minimum absolute atomic E-state index is 0.127. The summed E-state index contributed by atoms with van der Waals surface area (Å²) in [6, 6.07) is 6.49. The Bertz CT molecular complexity index is 1420. The molecule has 5 aliphatic rings. The number of hydrogen-bond donors (Lipinski definition) is 2. The predicted octanol–water partition coefficient (Wildman–Crippen LogP) is 4.88. The Kier molecular flexibility index (Phi) is 5.68. The number of ether oxygens (including phenoxy) is 1. The van der Waals surface area contributed by atoms with Crippen molar-refractivity contribution in [2.75, 3.05) is 37.7 Å². The van der Waals surface area contributed by atoms with Crippen molar-refractivity contribution in [2.45, 2.75) is 74.9 Å². The number of hydrogen-bond acceptors (Lipinski definition) is 8. The first-order valence-corrected chi connectivity index (χ1v) is 15.0. The van der Waals surface area contributed by atoms with E-state index in [0.29, 0.717) is 47.0 Å². The molecule has 39 heavy (non-hydrogen) atoms. The predicted molar refractivity (Wildman–Crippen MR) is 152 cm³/mol. The van der Waals surface area contributed by atoms with E-state index in [9.17, 15) is 5.11 Å². The summed E-state index contributed by atoms with van der Waals surface area (Å²) in [5.74, 6) is 1.70. The number of benzene rings is 1. The van der Waals surface area contributed by atoms with Gasteiger partial charge in [0.05, 0.1) is 16.6 Å². The van der Waals surface area contributed by atoms with Crippen molar-refractivity contribution in [1.82, 2.24) is 25.2 Å². The maximum absolute atomic E-state index is 10.4. The number of nitrogens with zero attached hydrogens (tertiary/aromatic N) is 5. The Labute approximate surface area is 233 Å². The first-order chi connectivity index (χ1) is 19.0. The Morgan fingerprint density at radius 1 is 1.03 bits per heavy atom. The Morgan fingerprint density at radius 2 is 1.79 bits per heavy atom. The highest BCUT2D eigenvalue weighted by atomic mass is 35.5. The molecule has 2 bridgehead atoms. The van der Waals surface area contributed by atoms with Gasteiger partial charge in [-0.3, -0.25) is 4.90 Å². The summed E-state index contributed by atoms with van der Waals surface area (Å²) >= 11 is 6.60. The van der Waals surface area contributed by atoms with Gasteiger partial charge < -0.3 is 20.1 Å². The maximum Gasteiger partial charge on any atom is 0.217 e. The molecule has 1 aliphatic carbocycles. The largest absolute Gasteiger partial charge is 0.508 e. The number of piperazine rings is 1. The molecule has 8 nitrogen and oxygen atoms in total. The number of aromatic nitrogens is 3. The quantitative estimate of drug-likeness (QED) is 0.452. The van der Waals surface area contributed by atoms with Crippen LogP contribution < -0.4 is 15.0 Å².